The molecular formula is C13H10ClN3O. The van der Waals surface area contributed by atoms with Crippen LogP contribution in [0.15, 0.2) is 48.8 Å². The van der Waals surface area contributed by atoms with E-state index >= 15 is 0 Å². The summed E-state index contributed by atoms with van der Waals surface area (Å²) in [6.45, 7) is 0. The van der Waals surface area contributed by atoms with Crippen LogP contribution in [0.2, 0.25) is 5.02 Å². The first-order valence-electron chi connectivity index (χ1n) is 5.26. The number of carbonyl (C=O) groups is 1. The maximum absolute atomic E-state index is 11.5. The molecule has 0 saturated carbocycles. The Morgan fingerprint density at radius 2 is 1.83 bits per heavy atom. The molecule has 0 saturated heterocycles. The Balaban J connectivity index is 1.97. The molecule has 0 aliphatic rings. The highest BCUT2D eigenvalue weighted by Gasteiger charge is 1.98. The average molecular weight is 260 g/mol. The minimum Gasteiger partial charge on any atom is -0.291 e. The van der Waals surface area contributed by atoms with Crippen molar-refractivity contribution >= 4 is 29.5 Å². The average Bonchev–Trinajstić information content (AvgIpc) is 2.39. The lowest BCUT2D eigenvalue weighted by Gasteiger charge is -1.98. The van der Waals surface area contributed by atoms with Gasteiger partial charge in [-0.05, 0) is 29.8 Å². The van der Waals surface area contributed by atoms with Crippen molar-refractivity contribution in [2.45, 2.75) is 0 Å². The van der Waals surface area contributed by atoms with Crippen LogP contribution in [-0.4, -0.2) is 15.9 Å². The minimum atomic E-state index is -0.281. The quantitative estimate of drug-likeness (QED) is 0.863. The number of carbonyl (C=O) groups excluding carboxylic acids is 1. The number of halogens is 1. The van der Waals surface area contributed by atoms with Crippen molar-refractivity contribution in [2.24, 2.45) is 0 Å². The number of nitrogens with zero attached hydrogens (tertiary/aromatic N) is 2. The van der Waals surface area contributed by atoms with Crippen molar-refractivity contribution in [3.8, 4) is 0 Å². The van der Waals surface area contributed by atoms with Gasteiger partial charge in [0, 0.05) is 23.5 Å². The Morgan fingerprint density at radius 1 is 1.17 bits per heavy atom. The molecule has 0 fully saturated rings. The Kier molecular flexibility index (Phi) is 4.04. The highest BCUT2D eigenvalue weighted by molar-refractivity contribution is 6.30. The third kappa shape index (κ3) is 3.68. The summed E-state index contributed by atoms with van der Waals surface area (Å²) < 4.78 is 0. The summed E-state index contributed by atoms with van der Waals surface area (Å²) in [5, 5.41) is 3.21. The van der Waals surface area contributed by atoms with Gasteiger partial charge in [0.25, 0.3) is 5.91 Å². The Morgan fingerprint density at radius 3 is 2.50 bits per heavy atom. The SMILES string of the molecule is O=C(C=Cc1ccc(Cl)cc1)Nc1ncccn1. The summed E-state index contributed by atoms with van der Waals surface area (Å²) >= 11 is 5.76. The zero-order valence-corrected chi connectivity index (χ0v) is 10.1. The van der Waals surface area contributed by atoms with E-state index in [9.17, 15) is 4.79 Å². The van der Waals surface area contributed by atoms with Gasteiger partial charge in [0.2, 0.25) is 5.95 Å². The first-order chi connectivity index (χ1) is 8.74. The lowest BCUT2D eigenvalue weighted by atomic mass is 10.2. The molecule has 0 spiro atoms. The van der Waals surface area contributed by atoms with Crippen LogP contribution in [0.25, 0.3) is 6.08 Å². The Hall–Kier alpha value is -2.20. The van der Waals surface area contributed by atoms with Crippen LogP contribution < -0.4 is 5.32 Å². The molecule has 0 radical (unpaired) electrons. The smallest absolute Gasteiger partial charge is 0.250 e. The molecule has 5 heteroatoms. The van der Waals surface area contributed by atoms with Gasteiger partial charge in [-0.2, -0.15) is 0 Å². The summed E-state index contributed by atoms with van der Waals surface area (Å²) in [4.78, 5) is 19.3. The molecule has 2 aromatic rings. The minimum absolute atomic E-state index is 0.281. The van der Waals surface area contributed by atoms with Gasteiger partial charge in [0.15, 0.2) is 0 Å². The molecule has 0 aliphatic heterocycles. The van der Waals surface area contributed by atoms with Gasteiger partial charge in [0.05, 0.1) is 0 Å². The monoisotopic (exact) mass is 259 g/mol. The van der Waals surface area contributed by atoms with Gasteiger partial charge in [-0.3, -0.25) is 10.1 Å². The number of rotatable bonds is 3. The molecule has 0 aliphatic carbocycles. The lowest BCUT2D eigenvalue weighted by molar-refractivity contribution is -0.111. The van der Waals surface area contributed by atoms with Crippen molar-refractivity contribution in [1.29, 1.82) is 0 Å². The van der Waals surface area contributed by atoms with Crippen LogP contribution in [0.3, 0.4) is 0 Å². The number of hydrogen-bond acceptors (Lipinski definition) is 3. The van der Waals surface area contributed by atoms with Gasteiger partial charge in [-0.1, -0.05) is 23.7 Å². The molecule has 2 rings (SSSR count). The van der Waals surface area contributed by atoms with Crippen molar-refractivity contribution in [2.75, 3.05) is 5.32 Å². The number of hydrogen-bond donors (Lipinski definition) is 1. The van der Waals surface area contributed by atoms with Gasteiger partial charge in [0.1, 0.15) is 0 Å². The maximum atomic E-state index is 11.5. The molecule has 90 valence electrons. The molecule has 1 heterocycles. The zero-order chi connectivity index (χ0) is 12.8. The Labute approximate surface area is 109 Å². The van der Waals surface area contributed by atoms with Crippen LogP contribution in [0.5, 0.6) is 0 Å². The molecule has 1 aromatic carbocycles. The van der Waals surface area contributed by atoms with Crippen LogP contribution in [0.4, 0.5) is 5.95 Å². The number of anilines is 1. The highest BCUT2D eigenvalue weighted by Crippen LogP contribution is 2.10. The highest BCUT2D eigenvalue weighted by atomic mass is 35.5. The van der Waals surface area contributed by atoms with E-state index < -0.39 is 0 Å². The van der Waals surface area contributed by atoms with Gasteiger partial charge < -0.3 is 0 Å². The summed E-state index contributed by atoms with van der Waals surface area (Å²) in [5.41, 5.74) is 0.892. The van der Waals surface area contributed by atoms with E-state index in [0.29, 0.717) is 5.02 Å². The molecule has 1 aromatic heterocycles. The number of nitrogens with one attached hydrogen (secondary N) is 1. The van der Waals surface area contributed by atoms with Crippen molar-refractivity contribution < 1.29 is 4.79 Å². The maximum Gasteiger partial charge on any atom is 0.250 e. The summed E-state index contributed by atoms with van der Waals surface area (Å²) in [7, 11) is 0. The molecule has 1 amide bonds. The number of amides is 1. The summed E-state index contributed by atoms with van der Waals surface area (Å²) in [6, 6.07) is 8.86. The first-order valence-corrected chi connectivity index (χ1v) is 5.63. The van der Waals surface area contributed by atoms with E-state index in [1.807, 2.05) is 12.1 Å². The fourth-order valence-electron chi connectivity index (χ4n) is 1.26. The van der Waals surface area contributed by atoms with E-state index in [-0.39, 0.29) is 11.9 Å². The van der Waals surface area contributed by atoms with Gasteiger partial charge in [-0.25, -0.2) is 9.97 Å². The molecule has 4 nitrogen and oxygen atoms in total. The fraction of sp³-hybridized carbons (Fsp3) is 0. The van der Waals surface area contributed by atoms with E-state index in [1.165, 1.54) is 6.08 Å². The van der Waals surface area contributed by atoms with Gasteiger partial charge >= 0.3 is 0 Å². The van der Waals surface area contributed by atoms with E-state index in [1.54, 1.807) is 36.7 Å². The second-order valence-corrected chi connectivity index (χ2v) is 3.88. The standard InChI is InChI=1S/C13H10ClN3O/c14-11-5-2-10(3-6-11)4-7-12(18)17-13-15-8-1-9-16-13/h1-9H,(H,15,16,17,18). The second-order valence-electron chi connectivity index (χ2n) is 3.45. The topological polar surface area (TPSA) is 54.9 Å². The molecule has 0 atom stereocenters. The van der Waals surface area contributed by atoms with Crippen molar-refractivity contribution in [3.05, 3.63) is 59.4 Å². The molecule has 0 unspecified atom stereocenters. The molecule has 18 heavy (non-hydrogen) atoms. The molecular weight excluding hydrogens is 250 g/mol. The van der Waals surface area contributed by atoms with E-state index in [0.717, 1.165) is 5.56 Å². The van der Waals surface area contributed by atoms with Crippen LogP contribution in [0.1, 0.15) is 5.56 Å². The van der Waals surface area contributed by atoms with Crippen molar-refractivity contribution in [3.63, 3.8) is 0 Å². The van der Waals surface area contributed by atoms with E-state index in [4.69, 9.17) is 11.6 Å². The van der Waals surface area contributed by atoms with E-state index in [2.05, 4.69) is 15.3 Å². The lowest BCUT2D eigenvalue weighted by Crippen LogP contribution is -2.10. The largest absolute Gasteiger partial charge is 0.291 e. The predicted octanol–water partition coefficient (Wildman–Crippen LogP) is 2.78. The van der Waals surface area contributed by atoms with Crippen LogP contribution in [-0.2, 0) is 4.79 Å². The third-order valence-electron chi connectivity index (χ3n) is 2.10. The fourth-order valence-corrected chi connectivity index (χ4v) is 1.39. The second kappa shape index (κ2) is 5.93. The van der Waals surface area contributed by atoms with Gasteiger partial charge in [-0.15, -0.1) is 0 Å². The normalized spacial score (nSPS) is 10.5. The Bertz CT molecular complexity index is 552. The zero-order valence-electron chi connectivity index (χ0n) is 9.38. The number of benzene rings is 1. The summed E-state index contributed by atoms with van der Waals surface area (Å²) in [5.74, 6) is -0.000550. The number of aromatic nitrogens is 2. The van der Waals surface area contributed by atoms with Crippen LogP contribution in [0, 0.1) is 0 Å². The summed E-state index contributed by atoms with van der Waals surface area (Å²) in [6.07, 6.45) is 6.23. The predicted molar refractivity (Wildman–Crippen MR) is 71.1 cm³/mol. The first kappa shape index (κ1) is 12.3. The van der Waals surface area contributed by atoms with Crippen molar-refractivity contribution in [1.82, 2.24) is 9.97 Å². The molecule has 1 N–H and O–H groups in total. The van der Waals surface area contributed by atoms with Crippen LogP contribution >= 0.6 is 11.6 Å². The third-order valence-corrected chi connectivity index (χ3v) is 2.35. The molecule has 0 bridgehead atoms.